The Hall–Kier alpha value is -0.640. The van der Waals surface area contributed by atoms with Gasteiger partial charge < -0.3 is 4.57 Å². The van der Waals surface area contributed by atoms with Crippen molar-refractivity contribution >= 4 is 10.8 Å². The molecule has 1 fully saturated rings. The van der Waals surface area contributed by atoms with Crippen molar-refractivity contribution < 1.29 is 4.21 Å². The van der Waals surface area contributed by atoms with Crippen molar-refractivity contribution in [2.45, 2.75) is 37.9 Å². The van der Waals surface area contributed by atoms with E-state index in [1.54, 1.807) is 6.20 Å². The lowest BCUT2D eigenvalue weighted by Crippen LogP contribution is -2.16. The molecule has 0 N–H and O–H groups in total. The maximum Gasteiger partial charge on any atom is 0.121 e. The highest BCUT2D eigenvalue weighted by molar-refractivity contribution is 7.84. The Labute approximate surface area is 99.7 Å². The van der Waals surface area contributed by atoms with Crippen molar-refractivity contribution in [2.75, 3.05) is 5.75 Å². The van der Waals surface area contributed by atoms with E-state index < -0.39 is 10.8 Å². The Morgan fingerprint density at radius 1 is 1.44 bits per heavy atom. The first-order valence-electron chi connectivity index (χ1n) is 6.07. The van der Waals surface area contributed by atoms with Crippen LogP contribution in [0.25, 0.3) is 0 Å². The van der Waals surface area contributed by atoms with Gasteiger partial charge >= 0.3 is 0 Å². The zero-order chi connectivity index (χ0) is 11.4. The predicted octanol–water partition coefficient (Wildman–Crippen LogP) is 2.25. The number of nitrogens with zero attached hydrogens (tertiary/aromatic N) is 2. The second kappa shape index (κ2) is 5.62. The topological polar surface area (TPSA) is 34.9 Å². The van der Waals surface area contributed by atoms with Gasteiger partial charge in [0, 0.05) is 36.0 Å². The van der Waals surface area contributed by atoms with Crippen LogP contribution in [0.1, 0.15) is 37.9 Å². The lowest BCUT2D eigenvalue weighted by molar-refractivity contribution is 0.388. The van der Waals surface area contributed by atoms with Crippen LogP contribution in [0.2, 0.25) is 0 Å². The highest BCUT2D eigenvalue weighted by Crippen LogP contribution is 2.24. The van der Waals surface area contributed by atoms with Crippen LogP contribution in [0, 0.1) is 5.92 Å². The molecule has 1 aromatic heterocycles. The zero-order valence-electron chi connectivity index (χ0n) is 9.89. The number of aryl methyl sites for hydroxylation is 1. The molecule has 1 aromatic rings. The third kappa shape index (κ3) is 3.17. The van der Waals surface area contributed by atoms with E-state index >= 15 is 0 Å². The van der Waals surface area contributed by atoms with Gasteiger partial charge in [0.1, 0.15) is 5.82 Å². The summed E-state index contributed by atoms with van der Waals surface area (Å²) in [5.74, 6) is 3.11. The maximum absolute atomic E-state index is 12.0. The van der Waals surface area contributed by atoms with Crippen molar-refractivity contribution in [1.82, 2.24) is 9.55 Å². The molecule has 0 radical (unpaired) electrons. The van der Waals surface area contributed by atoms with Crippen molar-refractivity contribution in [3.63, 3.8) is 0 Å². The van der Waals surface area contributed by atoms with E-state index in [0.29, 0.717) is 11.7 Å². The lowest BCUT2D eigenvalue weighted by Gasteiger charge is -2.20. The van der Waals surface area contributed by atoms with Crippen LogP contribution in [-0.2, 0) is 23.6 Å². The van der Waals surface area contributed by atoms with Crippen LogP contribution >= 0.6 is 0 Å². The Balaban J connectivity index is 1.82. The summed E-state index contributed by atoms with van der Waals surface area (Å²) in [6.45, 7) is 0. The summed E-state index contributed by atoms with van der Waals surface area (Å²) in [5.41, 5.74) is 0. The van der Waals surface area contributed by atoms with Crippen LogP contribution in [0.15, 0.2) is 12.4 Å². The molecule has 0 saturated heterocycles. The van der Waals surface area contributed by atoms with Gasteiger partial charge in [0.15, 0.2) is 0 Å². The fraction of sp³-hybridized carbons (Fsp3) is 0.750. The summed E-state index contributed by atoms with van der Waals surface area (Å²) in [4.78, 5) is 4.22. The molecule has 4 heteroatoms. The molecule has 0 bridgehead atoms. The molecule has 1 unspecified atom stereocenters. The van der Waals surface area contributed by atoms with Crippen LogP contribution in [0.5, 0.6) is 0 Å². The van der Waals surface area contributed by atoms with Crippen LogP contribution in [-0.4, -0.2) is 19.5 Å². The van der Waals surface area contributed by atoms with Crippen molar-refractivity contribution in [3.8, 4) is 0 Å². The summed E-state index contributed by atoms with van der Waals surface area (Å²) < 4.78 is 13.9. The summed E-state index contributed by atoms with van der Waals surface area (Å²) in [6, 6.07) is 0. The van der Waals surface area contributed by atoms with E-state index in [2.05, 4.69) is 4.98 Å². The van der Waals surface area contributed by atoms with Crippen molar-refractivity contribution in [2.24, 2.45) is 13.0 Å². The largest absolute Gasteiger partial charge is 0.337 e. The average molecular weight is 240 g/mol. The molecule has 0 spiro atoms. The maximum atomic E-state index is 12.0. The average Bonchev–Trinajstić information content (AvgIpc) is 2.66. The highest BCUT2D eigenvalue weighted by atomic mass is 32.2. The number of rotatable bonds is 4. The Morgan fingerprint density at radius 2 is 2.19 bits per heavy atom. The third-order valence-corrected chi connectivity index (χ3v) is 4.78. The van der Waals surface area contributed by atoms with Crippen LogP contribution in [0.3, 0.4) is 0 Å². The quantitative estimate of drug-likeness (QED) is 0.809. The lowest BCUT2D eigenvalue weighted by atomic mass is 9.91. The van der Waals surface area contributed by atoms with Crippen molar-refractivity contribution in [1.29, 1.82) is 0 Å². The third-order valence-electron chi connectivity index (χ3n) is 3.36. The standard InChI is InChI=1S/C12H20N2OS/c1-14-8-7-13-12(14)10-16(15)9-11-5-3-2-4-6-11/h7-8,11H,2-6,9-10H2,1H3. The van der Waals surface area contributed by atoms with E-state index in [1.165, 1.54) is 32.1 Å². The Morgan fingerprint density at radius 3 is 2.81 bits per heavy atom. The Bertz CT molecular complexity index is 356. The molecule has 0 amide bonds. The Kier molecular flexibility index (Phi) is 4.16. The minimum Gasteiger partial charge on any atom is -0.337 e. The fourth-order valence-electron chi connectivity index (χ4n) is 2.36. The van der Waals surface area contributed by atoms with Gasteiger partial charge in [-0.2, -0.15) is 0 Å². The first-order chi connectivity index (χ1) is 7.75. The van der Waals surface area contributed by atoms with E-state index in [4.69, 9.17) is 0 Å². The molecule has 2 rings (SSSR count). The van der Waals surface area contributed by atoms with Gasteiger partial charge in [-0.1, -0.05) is 19.3 Å². The van der Waals surface area contributed by atoms with E-state index in [0.717, 1.165) is 11.6 Å². The van der Waals surface area contributed by atoms with Gasteiger partial charge in [0.05, 0.1) is 5.75 Å². The molecule has 1 aliphatic rings. The molecule has 3 nitrogen and oxygen atoms in total. The van der Waals surface area contributed by atoms with E-state index in [1.807, 2.05) is 17.8 Å². The second-order valence-electron chi connectivity index (χ2n) is 4.71. The number of imidazole rings is 1. The van der Waals surface area contributed by atoms with Gasteiger partial charge in [-0.3, -0.25) is 4.21 Å². The van der Waals surface area contributed by atoms with Crippen LogP contribution in [0.4, 0.5) is 0 Å². The predicted molar refractivity (Wildman–Crippen MR) is 66.5 cm³/mol. The molecule has 1 saturated carbocycles. The highest BCUT2D eigenvalue weighted by Gasteiger charge is 2.17. The van der Waals surface area contributed by atoms with E-state index in [-0.39, 0.29) is 0 Å². The molecule has 1 heterocycles. The number of hydrogen-bond acceptors (Lipinski definition) is 2. The van der Waals surface area contributed by atoms with Crippen molar-refractivity contribution in [3.05, 3.63) is 18.2 Å². The molecular weight excluding hydrogens is 220 g/mol. The molecule has 0 aromatic carbocycles. The molecule has 90 valence electrons. The van der Waals surface area contributed by atoms with Gasteiger partial charge in [-0.05, 0) is 18.8 Å². The number of hydrogen-bond donors (Lipinski definition) is 0. The smallest absolute Gasteiger partial charge is 0.121 e. The molecule has 0 aliphatic heterocycles. The molecule has 1 aliphatic carbocycles. The summed E-state index contributed by atoms with van der Waals surface area (Å²) in [6.07, 6.45) is 10.2. The first kappa shape index (κ1) is 11.8. The van der Waals surface area contributed by atoms with Gasteiger partial charge in [0.25, 0.3) is 0 Å². The SMILES string of the molecule is Cn1ccnc1CS(=O)CC1CCCCC1. The van der Waals surface area contributed by atoms with E-state index in [9.17, 15) is 4.21 Å². The minimum absolute atomic E-state index is 0.611. The molecule has 16 heavy (non-hydrogen) atoms. The summed E-state index contributed by atoms with van der Waals surface area (Å²) >= 11 is 0. The summed E-state index contributed by atoms with van der Waals surface area (Å²) in [5, 5.41) is 0. The first-order valence-corrected chi connectivity index (χ1v) is 7.55. The minimum atomic E-state index is -0.741. The van der Waals surface area contributed by atoms with Gasteiger partial charge in [-0.25, -0.2) is 4.98 Å². The normalized spacial score (nSPS) is 19.8. The van der Waals surface area contributed by atoms with Gasteiger partial charge in [-0.15, -0.1) is 0 Å². The zero-order valence-corrected chi connectivity index (χ0v) is 10.7. The van der Waals surface area contributed by atoms with Crippen LogP contribution < -0.4 is 0 Å². The number of aromatic nitrogens is 2. The summed E-state index contributed by atoms with van der Waals surface area (Å²) in [7, 11) is 1.22. The fourth-order valence-corrected chi connectivity index (χ4v) is 3.90. The monoisotopic (exact) mass is 240 g/mol. The van der Waals surface area contributed by atoms with Gasteiger partial charge in [0.2, 0.25) is 0 Å². The second-order valence-corrected chi connectivity index (χ2v) is 6.21. The molecular formula is C12H20N2OS. The molecule has 1 atom stereocenters.